The van der Waals surface area contributed by atoms with Crippen LogP contribution >= 0.6 is 0 Å². The number of likely N-dealkylation sites (tertiary alicyclic amines) is 1. The maximum absolute atomic E-state index is 9.67. The summed E-state index contributed by atoms with van der Waals surface area (Å²) in [7, 11) is 0. The summed E-state index contributed by atoms with van der Waals surface area (Å²) in [5.41, 5.74) is 1.36. The molecule has 138 valence electrons. The van der Waals surface area contributed by atoms with Crippen molar-refractivity contribution in [1.29, 1.82) is 0 Å². The zero-order valence-electron chi connectivity index (χ0n) is 15.1. The molecule has 0 radical (unpaired) electrons. The second-order valence-electron chi connectivity index (χ2n) is 7.31. The minimum atomic E-state index is -0.167. The molecular weight excluding hydrogens is 326 g/mol. The average Bonchev–Trinajstić information content (AvgIpc) is 3.10. The third kappa shape index (κ3) is 4.31. The summed E-state index contributed by atoms with van der Waals surface area (Å²) >= 11 is 0. The predicted molar refractivity (Wildman–Crippen MR) is 103 cm³/mol. The molecule has 1 atom stereocenters. The topological polar surface area (TPSA) is 64.5 Å². The van der Waals surface area contributed by atoms with Gasteiger partial charge < -0.3 is 15.3 Å². The van der Waals surface area contributed by atoms with Crippen molar-refractivity contribution < 1.29 is 5.11 Å². The van der Waals surface area contributed by atoms with Crippen LogP contribution in [0.15, 0.2) is 42.6 Å². The highest BCUT2D eigenvalue weighted by Crippen LogP contribution is 2.20. The lowest BCUT2D eigenvalue weighted by Gasteiger charge is -2.30. The van der Waals surface area contributed by atoms with Crippen molar-refractivity contribution in [3.8, 4) is 0 Å². The third-order valence-electron chi connectivity index (χ3n) is 5.28. The van der Waals surface area contributed by atoms with Gasteiger partial charge in [-0.2, -0.15) is 4.98 Å². The summed E-state index contributed by atoms with van der Waals surface area (Å²) in [6.45, 7) is 4.81. The molecule has 2 aromatic rings. The lowest BCUT2D eigenvalue weighted by molar-refractivity contribution is 0.145. The van der Waals surface area contributed by atoms with Gasteiger partial charge in [-0.1, -0.05) is 30.3 Å². The van der Waals surface area contributed by atoms with Crippen LogP contribution in [0.4, 0.5) is 11.8 Å². The molecule has 2 aliphatic heterocycles. The van der Waals surface area contributed by atoms with Crippen LogP contribution in [0.3, 0.4) is 0 Å². The first-order valence-corrected chi connectivity index (χ1v) is 9.55. The Balaban J connectivity index is 1.32. The molecule has 0 unspecified atom stereocenters. The number of nitrogens with one attached hydrogen (secondary N) is 1. The number of rotatable bonds is 5. The van der Waals surface area contributed by atoms with E-state index in [1.165, 1.54) is 5.56 Å². The standard InChI is InChI=1S/C20H27N5O/c26-18-8-12-25(13-9-18)19-6-10-21-20(23-19)22-17-7-11-24(15-17)14-16-4-2-1-3-5-16/h1-6,10,17-18,26H,7-9,11-15H2,(H,21,22,23)/t17-/m0/s1. The van der Waals surface area contributed by atoms with E-state index in [1.54, 1.807) is 0 Å². The van der Waals surface area contributed by atoms with Crippen molar-refractivity contribution in [1.82, 2.24) is 14.9 Å². The highest BCUT2D eigenvalue weighted by Gasteiger charge is 2.23. The Morgan fingerprint density at radius 2 is 1.85 bits per heavy atom. The monoisotopic (exact) mass is 353 g/mol. The van der Waals surface area contributed by atoms with Gasteiger partial charge in [0, 0.05) is 45.0 Å². The summed E-state index contributed by atoms with van der Waals surface area (Å²) in [6.07, 6.45) is 4.39. The van der Waals surface area contributed by atoms with Gasteiger partial charge in [0.25, 0.3) is 0 Å². The lowest BCUT2D eigenvalue weighted by Crippen LogP contribution is -2.36. The molecule has 26 heavy (non-hydrogen) atoms. The first-order chi connectivity index (χ1) is 12.8. The molecule has 2 aliphatic rings. The molecule has 4 rings (SSSR count). The Kier molecular flexibility index (Phi) is 5.32. The Hall–Kier alpha value is -2.18. The van der Waals surface area contributed by atoms with Crippen LogP contribution < -0.4 is 10.2 Å². The Bertz CT molecular complexity index is 702. The minimum absolute atomic E-state index is 0.167. The van der Waals surface area contributed by atoms with Crippen LogP contribution in [0, 0.1) is 0 Å². The molecule has 6 heteroatoms. The van der Waals surface area contributed by atoms with Gasteiger partial charge in [0.1, 0.15) is 5.82 Å². The number of hydrogen-bond acceptors (Lipinski definition) is 6. The van der Waals surface area contributed by atoms with E-state index in [0.717, 1.165) is 57.8 Å². The average molecular weight is 353 g/mol. The van der Waals surface area contributed by atoms with Crippen molar-refractivity contribution in [2.24, 2.45) is 0 Å². The first-order valence-electron chi connectivity index (χ1n) is 9.55. The largest absolute Gasteiger partial charge is 0.393 e. The fourth-order valence-corrected chi connectivity index (χ4v) is 3.81. The number of hydrogen-bond donors (Lipinski definition) is 2. The lowest BCUT2D eigenvalue weighted by atomic mass is 10.1. The van der Waals surface area contributed by atoms with Crippen molar-refractivity contribution in [3.63, 3.8) is 0 Å². The number of anilines is 2. The van der Waals surface area contributed by atoms with Crippen LogP contribution in [-0.2, 0) is 6.54 Å². The number of benzene rings is 1. The zero-order chi connectivity index (χ0) is 17.8. The highest BCUT2D eigenvalue weighted by molar-refractivity contribution is 5.43. The summed E-state index contributed by atoms with van der Waals surface area (Å²) in [6, 6.07) is 13.0. The Morgan fingerprint density at radius 3 is 2.65 bits per heavy atom. The number of aliphatic hydroxyl groups excluding tert-OH is 1. The third-order valence-corrected chi connectivity index (χ3v) is 5.28. The van der Waals surface area contributed by atoms with E-state index >= 15 is 0 Å². The normalized spacial score (nSPS) is 21.9. The van der Waals surface area contributed by atoms with Crippen molar-refractivity contribution in [2.75, 3.05) is 36.4 Å². The van der Waals surface area contributed by atoms with E-state index in [2.05, 4.69) is 50.4 Å². The molecule has 0 spiro atoms. The van der Waals surface area contributed by atoms with E-state index in [9.17, 15) is 5.11 Å². The van der Waals surface area contributed by atoms with Crippen molar-refractivity contribution >= 4 is 11.8 Å². The van der Waals surface area contributed by atoms with Gasteiger partial charge in [-0.3, -0.25) is 4.90 Å². The smallest absolute Gasteiger partial charge is 0.224 e. The minimum Gasteiger partial charge on any atom is -0.393 e. The van der Waals surface area contributed by atoms with Crippen LogP contribution in [0.2, 0.25) is 0 Å². The van der Waals surface area contributed by atoms with Crippen molar-refractivity contribution in [2.45, 2.75) is 38.0 Å². The maximum Gasteiger partial charge on any atom is 0.224 e. The van der Waals surface area contributed by atoms with Crippen LogP contribution in [0.25, 0.3) is 0 Å². The van der Waals surface area contributed by atoms with Gasteiger partial charge in [0.2, 0.25) is 5.95 Å². The number of aliphatic hydroxyl groups is 1. The SMILES string of the molecule is OC1CCN(c2ccnc(N[C@H]3CCN(Cc4ccccc4)C3)n2)CC1. The van der Waals surface area contributed by atoms with E-state index in [0.29, 0.717) is 12.0 Å². The summed E-state index contributed by atoms with van der Waals surface area (Å²) in [5.74, 6) is 1.66. The van der Waals surface area contributed by atoms with Crippen molar-refractivity contribution in [3.05, 3.63) is 48.2 Å². The second-order valence-corrected chi connectivity index (χ2v) is 7.31. The predicted octanol–water partition coefficient (Wildman–Crippen LogP) is 2.12. The molecule has 0 aliphatic carbocycles. The van der Waals surface area contributed by atoms with Crippen LogP contribution in [0.5, 0.6) is 0 Å². The highest BCUT2D eigenvalue weighted by atomic mass is 16.3. The second kappa shape index (κ2) is 8.01. The number of piperidine rings is 1. The summed E-state index contributed by atoms with van der Waals surface area (Å²) in [5, 5.41) is 13.2. The van der Waals surface area contributed by atoms with Gasteiger partial charge in [-0.05, 0) is 30.9 Å². The molecule has 0 amide bonds. The van der Waals surface area contributed by atoms with E-state index in [4.69, 9.17) is 4.98 Å². The molecule has 2 N–H and O–H groups in total. The van der Waals surface area contributed by atoms with Gasteiger partial charge in [-0.25, -0.2) is 4.98 Å². The van der Waals surface area contributed by atoms with Gasteiger partial charge in [0.15, 0.2) is 0 Å². The number of aromatic nitrogens is 2. The van der Waals surface area contributed by atoms with E-state index in [-0.39, 0.29) is 6.10 Å². The molecule has 1 aromatic heterocycles. The number of nitrogens with zero attached hydrogens (tertiary/aromatic N) is 4. The molecular formula is C20H27N5O. The van der Waals surface area contributed by atoms with E-state index in [1.807, 2.05) is 12.3 Å². The molecule has 0 saturated carbocycles. The molecule has 6 nitrogen and oxygen atoms in total. The van der Waals surface area contributed by atoms with Crippen LogP contribution in [0.1, 0.15) is 24.8 Å². The quantitative estimate of drug-likeness (QED) is 0.858. The molecule has 1 aromatic carbocycles. The molecule has 2 saturated heterocycles. The maximum atomic E-state index is 9.67. The molecule has 2 fully saturated rings. The Morgan fingerprint density at radius 1 is 1.04 bits per heavy atom. The first kappa shape index (κ1) is 17.2. The fraction of sp³-hybridized carbons (Fsp3) is 0.500. The molecule has 3 heterocycles. The van der Waals surface area contributed by atoms with E-state index < -0.39 is 0 Å². The summed E-state index contributed by atoms with van der Waals surface area (Å²) in [4.78, 5) is 13.8. The zero-order valence-corrected chi connectivity index (χ0v) is 15.1. The van der Waals surface area contributed by atoms with Gasteiger partial charge in [0.05, 0.1) is 6.10 Å². The van der Waals surface area contributed by atoms with Crippen LogP contribution in [-0.4, -0.2) is 58.3 Å². The Labute approximate surface area is 154 Å². The van der Waals surface area contributed by atoms with Gasteiger partial charge in [-0.15, -0.1) is 0 Å². The molecule has 0 bridgehead atoms. The summed E-state index contributed by atoms with van der Waals surface area (Å²) < 4.78 is 0. The van der Waals surface area contributed by atoms with Gasteiger partial charge >= 0.3 is 0 Å². The fourth-order valence-electron chi connectivity index (χ4n) is 3.81.